The van der Waals surface area contributed by atoms with Gasteiger partial charge in [-0.05, 0) is 79.1 Å². The van der Waals surface area contributed by atoms with Crippen molar-refractivity contribution in [2.45, 2.75) is 39.2 Å². The van der Waals surface area contributed by atoms with E-state index in [0.717, 1.165) is 50.5 Å². The fraction of sp³-hybridized carbons (Fsp3) is 0.292. The van der Waals surface area contributed by atoms with Crippen molar-refractivity contribution in [2.24, 2.45) is 7.05 Å². The number of carbonyl (C=O) groups excluding carboxylic acids is 1. The Labute approximate surface area is 194 Å². The monoisotopic (exact) mass is 529 g/mol. The summed E-state index contributed by atoms with van der Waals surface area (Å²) in [6.07, 6.45) is 5.39. The van der Waals surface area contributed by atoms with E-state index in [-0.39, 0.29) is 6.10 Å². The van der Waals surface area contributed by atoms with Crippen LogP contribution in [-0.2, 0) is 18.3 Å². The van der Waals surface area contributed by atoms with E-state index in [9.17, 15) is 4.79 Å². The van der Waals surface area contributed by atoms with Gasteiger partial charge in [0.1, 0.15) is 12.0 Å². The Morgan fingerprint density at radius 1 is 1.23 bits per heavy atom. The third-order valence-electron chi connectivity index (χ3n) is 5.09. The lowest BCUT2D eigenvalue weighted by Crippen LogP contribution is -2.06. The van der Waals surface area contributed by atoms with Crippen molar-refractivity contribution in [2.75, 3.05) is 0 Å². The van der Waals surface area contributed by atoms with Gasteiger partial charge >= 0.3 is 0 Å². The summed E-state index contributed by atoms with van der Waals surface area (Å²) in [6, 6.07) is 12.1. The van der Waals surface area contributed by atoms with Crippen LogP contribution in [0.15, 0.2) is 47.1 Å². The minimum Gasteiger partial charge on any atom is -0.490 e. The van der Waals surface area contributed by atoms with Crippen LogP contribution in [0.2, 0.25) is 0 Å². The number of unbranched alkanes of at least 4 members (excludes halogenated alkanes) is 1. The van der Waals surface area contributed by atoms with Gasteiger partial charge in [0, 0.05) is 36.2 Å². The molecule has 0 bridgehead atoms. The first-order valence-corrected chi connectivity index (χ1v) is 11.4. The molecule has 6 nitrogen and oxygen atoms in total. The highest BCUT2D eigenvalue weighted by Gasteiger charge is 2.17. The van der Waals surface area contributed by atoms with Gasteiger partial charge in [0.25, 0.3) is 5.89 Å². The molecule has 2 aromatic carbocycles. The summed E-state index contributed by atoms with van der Waals surface area (Å²) in [5.74, 6) is 1.88. The van der Waals surface area contributed by atoms with Gasteiger partial charge in [0.2, 0.25) is 5.82 Å². The SMILES string of the molecule is CC(C)Oc1ccc(-c2nc(-c3ccc(CCCC=O)c4c3ccn4C)no2)cc1I. The molecule has 0 amide bonds. The van der Waals surface area contributed by atoms with Crippen LogP contribution in [0, 0.1) is 3.57 Å². The van der Waals surface area contributed by atoms with E-state index in [0.29, 0.717) is 18.1 Å². The second-order valence-electron chi connectivity index (χ2n) is 7.76. The van der Waals surface area contributed by atoms with Gasteiger partial charge in [-0.2, -0.15) is 4.98 Å². The van der Waals surface area contributed by atoms with Gasteiger partial charge in [-0.15, -0.1) is 0 Å². The molecule has 0 atom stereocenters. The molecule has 0 radical (unpaired) electrons. The molecule has 0 aliphatic rings. The van der Waals surface area contributed by atoms with Crippen LogP contribution in [0.3, 0.4) is 0 Å². The average Bonchev–Trinajstić information content (AvgIpc) is 3.37. The molecule has 0 N–H and O–H groups in total. The van der Waals surface area contributed by atoms with E-state index in [1.807, 2.05) is 51.4 Å². The Morgan fingerprint density at radius 3 is 2.81 bits per heavy atom. The molecule has 4 aromatic rings. The average molecular weight is 529 g/mol. The number of carbonyl (C=O) groups is 1. The van der Waals surface area contributed by atoms with Crippen LogP contribution in [-0.4, -0.2) is 27.1 Å². The lowest BCUT2D eigenvalue weighted by atomic mass is 10.0. The summed E-state index contributed by atoms with van der Waals surface area (Å²) < 4.78 is 14.5. The number of hydrogen-bond acceptors (Lipinski definition) is 5. The number of halogens is 1. The number of hydrogen-bond donors (Lipinski definition) is 0. The predicted octanol–water partition coefficient (Wildman–Crippen LogP) is 5.81. The fourth-order valence-corrected chi connectivity index (χ4v) is 4.35. The van der Waals surface area contributed by atoms with Crippen molar-refractivity contribution >= 4 is 39.8 Å². The zero-order valence-electron chi connectivity index (χ0n) is 17.8. The van der Waals surface area contributed by atoms with Crippen LogP contribution in [0.1, 0.15) is 32.3 Å². The largest absolute Gasteiger partial charge is 0.490 e. The summed E-state index contributed by atoms with van der Waals surface area (Å²) >= 11 is 2.26. The van der Waals surface area contributed by atoms with Crippen LogP contribution < -0.4 is 4.74 Å². The first kappa shape index (κ1) is 21.5. The minimum atomic E-state index is 0.115. The van der Waals surface area contributed by atoms with E-state index >= 15 is 0 Å². The minimum absolute atomic E-state index is 0.115. The standard InChI is InChI=1S/C24H24IN3O3/c1-15(2)30-21-10-8-17(14-20(21)25)24-26-23(27-31-24)19-9-7-16(6-4-5-13-29)22-18(19)11-12-28(22)3/h7-15H,4-6H2,1-3H3. The molecule has 31 heavy (non-hydrogen) atoms. The number of aromatic nitrogens is 3. The van der Waals surface area contributed by atoms with E-state index in [1.165, 1.54) is 5.56 Å². The molecule has 0 unspecified atom stereocenters. The van der Waals surface area contributed by atoms with Crippen molar-refractivity contribution in [3.63, 3.8) is 0 Å². The lowest BCUT2D eigenvalue weighted by Gasteiger charge is -2.11. The highest BCUT2D eigenvalue weighted by Crippen LogP contribution is 2.33. The number of nitrogens with zero attached hydrogens (tertiary/aromatic N) is 3. The zero-order chi connectivity index (χ0) is 22.0. The predicted molar refractivity (Wildman–Crippen MR) is 129 cm³/mol. The Kier molecular flexibility index (Phi) is 6.41. The zero-order valence-corrected chi connectivity index (χ0v) is 19.9. The van der Waals surface area contributed by atoms with Crippen molar-refractivity contribution in [1.82, 2.24) is 14.7 Å². The highest BCUT2D eigenvalue weighted by atomic mass is 127. The van der Waals surface area contributed by atoms with Gasteiger partial charge in [0.15, 0.2) is 0 Å². The maximum absolute atomic E-state index is 10.7. The molecular weight excluding hydrogens is 505 g/mol. The molecule has 160 valence electrons. The number of aryl methyl sites for hydroxylation is 2. The van der Waals surface area contributed by atoms with Crippen molar-refractivity contribution in [1.29, 1.82) is 0 Å². The van der Waals surface area contributed by atoms with Crippen molar-refractivity contribution in [3.05, 3.63) is 51.7 Å². The van der Waals surface area contributed by atoms with E-state index < -0.39 is 0 Å². The van der Waals surface area contributed by atoms with Crippen LogP contribution in [0.4, 0.5) is 0 Å². The molecule has 7 heteroatoms. The first-order valence-electron chi connectivity index (χ1n) is 10.3. The van der Waals surface area contributed by atoms with E-state index in [1.54, 1.807) is 0 Å². The van der Waals surface area contributed by atoms with Crippen LogP contribution >= 0.6 is 22.6 Å². The van der Waals surface area contributed by atoms with Crippen LogP contribution in [0.25, 0.3) is 33.7 Å². The maximum Gasteiger partial charge on any atom is 0.258 e. The molecule has 0 aliphatic carbocycles. The molecule has 0 aliphatic heterocycles. The quantitative estimate of drug-likeness (QED) is 0.164. The third kappa shape index (κ3) is 4.51. The number of benzene rings is 2. The second-order valence-corrected chi connectivity index (χ2v) is 8.92. The van der Waals surface area contributed by atoms with E-state index in [2.05, 4.69) is 49.4 Å². The fourth-order valence-electron chi connectivity index (χ4n) is 3.71. The van der Waals surface area contributed by atoms with Crippen molar-refractivity contribution in [3.8, 4) is 28.6 Å². The maximum atomic E-state index is 10.7. The third-order valence-corrected chi connectivity index (χ3v) is 5.94. The van der Waals surface area contributed by atoms with Gasteiger partial charge in [-0.3, -0.25) is 0 Å². The summed E-state index contributed by atoms with van der Waals surface area (Å²) in [4.78, 5) is 15.4. The Balaban J connectivity index is 1.67. The Hall–Kier alpha value is -2.68. The topological polar surface area (TPSA) is 70.2 Å². The Bertz CT molecular complexity index is 1230. The van der Waals surface area contributed by atoms with Gasteiger partial charge in [-0.25, -0.2) is 0 Å². The molecule has 0 fully saturated rings. The number of ether oxygens (including phenoxy) is 1. The number of aldehydes is 1. The summed E-state index contributed by atoms with van der Waals surface area (Å²) in [7, 11) is 2.03. The molecular formula is C24H24IN3O3. The molecule has 4 rings (SSSR count). The molecule has 0 saturated carbocycles. The number of rotatable bonds is 8. The summed E-state index contributed by atoms with van der Waals surface area (Å²) in [6.45, 7) is 4.01. The molecule has 2 heterocycles. The summed E-state index contributed by atoms with van der Waals surface area (Å²) in [5.41, 5.74) is 4.14. The molecule has 0 spiro atoms. The highest BCUT2D eigenvalue weighted by molar-refractivity contribution is 14.1. The Morgan fingerprint density at radius 2 is 2.06 bits per heavy atom. The van der Waals surface area contributed by atoms with Crippen molar-refractivity contribution < 1.29 is 14.1 Å². The molecule has 0 saturated heterocycles. The van der Waals surface area contributed by atoms with Gasteiger partial charge in [0.05, 0.1) is 15.2 Å². The molecule has 2 aromatic heterocycles. The second kappa shape index (κ2) is 9.21. The first-order chi connectivity index (χ1) is 15.0. The normalized spacial score (nSPS) is 11.4. The van der Waals surface area contributed by atoms with Crippen LogP contribution in [0.5, 0.6) is 5.75 Å². The van der Waals surface area contributed by atoms with Gasteiger partial charge in [-0.1, -0.05) is 17.3 Å². The van der Waals surface area contributed by atoms with E-state index in [4.69, 9.17) is 9.26 Å². The smallest absolute Gasteiger partial charge is 0.258 e. The summed E-state index contributed by atoms with van der Waals surface area (Å²) in [5, 5.41) is 5.33. The lowest BCUT2D eigenvalue weighted by molar-refractivity contribution is -0.107. The number of fused-ring (bicyclic) bond motifs is 1. The van der Waals surface area contributed by atoms with Gasteiger partial charge < -0.3 is 18.6 Å².